The molecule has 2 unspecified atom stereocenters. The molecule has 2 aromatic rings. The summed E-state index contributed by atoms with van der Waals surface area (Å²) in [7, 11) is 1.48. The van der Waals surface area contributed by atoms with Crippen LogP contribution in [0.4, 0.5) is 4.79 Å². The van der Waals surface area contributed by atoms with Crippen molar-refractivity contribution in [3.8, 4) is 11.1 Å². The van der Waals surface area contributed by atoms with Crippen LogP contribution in [-0.4, -0.2) is 54.2 Å². The van der Waals surface area contributed by atoms with Crippen LogP contribution in [0.25, 0.3) is 11.1 Å². The van der Waals surface area contributed by atoms with Crippen LogP contribution in [0.5, 0.6) is 0 Å². The first kappa shape index (κ1) is 25.3. The van der Waals surface area contributed by atoms with Crippen molar-refractivity contribution in [1.29, 1.82) is 0 Å². The molecule has 1 aliphatic carbocycles. The van der Waals surface area contributed by atoms with Gasteiger partial charge in [0.2, 0.25) is 5.91 Å². The fraction of sp³-hybridized carbons (Fsp3) is 0.444. The molecule has 0 fully saturated rings. The third-order valence-electron chi connectivity index (χ3n) is 6.33. The van der Waals surface area contributed by atoms with E-state index in [-0.39, 0.29) is 30.4 Å². The van der Waals surface area contributed by atoms with Gasteiger partial charge in [-0.25, -0.2) is 9.59 Å². The summed E-state index contributed by atoms with van der Waals surface area (Å²) in [4.78, 5) is 38.1. The van der Waals surface area contributed by atoms with Gasteiger partial charge >= 0.3 is 12.1 Å². The predicted molar refractivity (Wildman–Crippen MR) is 131 cm³/mol. The summed E-state index contributed by atoms with van der Waals surface area (Å²) < 4.78 is 5.58. The quantitative estimate of drug-likeness (QED) is 0.597. The number of aliphatic carboxylic acids is 1. The summed E-state index contributed by atoms with van der Waals surface area (Å²) in [5.74, 6) is -2.00. The van der Waals surface area contributed by atoms with E-state index in [1.54, 1.807) is 0 Å². The SMILES string of the molecule is CC(C(=O)O)N(C)C(=O)C(CNC(=O)OCC1c2ccccc2-c2ccccc21)CC(C)(C)C. The number of nitrogens with one attached hydrogen (secondary N) is 1. The Kier molecular flexibility index (Phi) is 7.64. The smallest absolute Gasteiger partial charge is 0.407 e. The Hall–Kier alpha value is -3.35. The number of hydrogen-bond donors (Lipinski definition) is 2. The highest BCUT2D eigenvalue weighted by Crippen LogP contribution is 2.44. The summed E-state index contributed by atoms with van der Waals surface area (Å²) in [6.45, 7) is 7.73. The number of hydrogen-bond acceptors (Lipinski definition) is 4. The van der Waals surface area contributed by atoms with E-state index >= 15 is 0 Å². The zero-order valence-electron chi connectivity index (χ0n) is 20.5. The number of carboxylic acid groups (broad SMARTS) is 1. The van der Waals surface area contributed by atoms with Crippen LogP contribution in [0.15, 0.2) is 48.5 Å². The number of carboxylic acids is 1. The zero-order chi connectivity index (χ0) is 25.0. The van der Waals surface area contributed by atoms with E-state index in [9.17, 15) is 19.5 Å². The summed E-state index contributed by atoms with van der Waals surface area (Å²) >= 11 is 0. The van der Waals surface area contributed by atoms with E-state index in [0.717, 1.165) is 22.3 Å². The first-order valence-electron chi connectivity index (χ1n) is 11.6. The Morgan fingerprint density at radius 1 is 1.03 bits per heavy atom. The second kappa shape index (κ2) is 10.3. The van der Waals surface area contributed by atoms with Gasteiger partial charge in [0.1, 0.15) is 12.6 Å². The van der Waals surface area contributed by atoms with E-state index in [1.807, 2.05) is 45.0 Å². The van der Waals surface area contributed by atoms with Crippen LogP contribution in [-0.2, 0) is 14.3 Å². The van der Waals surface area contributed by atoms with Gasteiger partial charge in [-0.05, 0) is 41.0 Å². The van der Waals surface area contributed by atoms with Crippen molar-refractivity contribution >= 4 is 18.0 Å². The van der Waals surface area contributed by atoms with Crippen molar-refractivity contribution < 1.29 is 24.2 Å². The molecule has 0 aromatic heterocycles. The molecule has 34 heavy (non-hydrogen) atoms. The lowest BCUT2D eigenvalue weighted by atomic mass is 9.84. The maximum atomic E-state index is 13.0. The molecule has 0 bridgehead atoms. The minimum Gasteiger partial charge on any atom is -0.480 e. The molecule has 0 aliphatic heterocycles. The minimum atomic E-state index is -1.07. The second-order valence-electron chi connectivity index (χ2n) is 10.1. The largest absolute Gasteiger partial charge is 0.480 e. The number of fused-ring (bicyclic) bond motifs is 3. The normalized spacial score (nSPS) is 14.5. The van der Waals surface area contributed by atoms with Crippen LogP contribution in [0, 0.1) is 11.3 Å². The van der Waals surface area contributed by atoms with E-state index in [0.29, 0.717) is 6.42 Å². The Bertz CT molecular complexity index is 1010. The number of alkyl carbamates (subject to hydrolysis) is 1. The highest BCUT2D eigenvalue weighted by Gasteiger charge is 2.32. The molecule has 2 aromatic carbocycles. The lowest BCUT2D eigenvalue weighted by Crippen LogP contribution is -2.47. The van der Waals surface area contributed by atoms with Gasteiger partial charge in [-0.1, -0.05) is 69.3 Å². The topological polar surface area (TPSA) is 95.9 Å². The minimum absolute atomic E-state index is 0.0484. The van der Waals surface area contributed by atoms with Crippen molar-refractivity contribution in [3.63, 3.8) is 0 Å². The van der Waals surface area contributed by atoms with Crippen LogP contribution < -0.4 is 5.32 Å². The maximum Gasteiger partial charge on any atom is 0.407 e. The van der Waals surface area contributed by atoms with Crippen LogP contribution in [0.2, 0.25) is 0 Å². The molecule has 7 heteroatoms. The number of amides is 2. The highest BCUT2D eigenvalue weighted by molar-refractivity contribution is 5.85. The molecular weight excluding hydrogens is 432 g/mol. The average Bonchev–Trinajstić information content (AvgIpc) is 3.12. The van der Waals surface area contributed by atoms with Crippen molar-refractivity contribution in [3.05, 3.63) is 59.7 Å². The standard InChI is InChI=1S/C27H34N2O5/c1-17(25(31)32)29(5)24(30)18(14-27(2,3)4)15-28-26(33)34-16-23-21-12-8-6-10-19(21)20-11-7-9-13-22(20)23/h6-13,17-18,23H,14-16H2,1-5H3,(H,28,33)(H,31,32). The third kappa shape index (κ3) is 5.76. The average molecular weight is 467 g/mol. The predicted octanol–water partition coefficient (Wildman–Crippen LogP) is 4.51. The molecule has 0 heterocycles. The maximum absolute atomic E-state index is 13.0. The Morgan fingerprint density at radius 2 is 1.56 bits per heavy atom. The van der Waals surface area contributed by atoms with Crippen molar-refractivity contribution in [1.82, 2.24) is 10.2 Å². The molecular formula is C27H34N2O5. The summed E-state index contributed by atoms with van der Waals surface area (Å²) in [5, 5.41) is 12.0. The number of rotatable bonds is 8. The molecule has 0 spiro atoms. The molecule has 0 radical (unpaired) electrons. The highest BCUT2D eigenvalue weighted by atomic mass is 16.5. The summed E-state index contributed by atoms with van der Waals surface area (Å²) in [6.07, 6.45) is -0.103. The van der Waals surface area contributed by atoms with Crippen LogP contribution in [0.3, 0.4) is 0 Å². The van der Waals surface area contributed by atoms with E-state index < -0.39 is 24.0 Å². The Morgan fingerprint density at radius 3 is 2.06 bits per heavy atom. The molecule has 0 saturated carbocycles. The molecule has 2 amide bonds. The number of likely N-dealkylation sites (N-methyl/N-ethyl adjacent to an activating group) is 1. The molecule has 2 atom stereocenters. The summed E-state index contributed by atoms with van der Waals surface area (Å²) in [6, 6.07) is 15.3. The molecule has 0 saturated heterocycles. The van der Waals surface area contributed by atoms with Crippen molar-refractivity contribution in [2.45, 2.75) is 46.1 Å². The fourth-order valence-corrected chi connectivity index (χ4v) is 4.49. The third-order valence-corrected chi connectivity index (χ3v) is 6.33. The number of carbonyl (C=O) groups is 3. The molecule has 2 N–H and O–H groups in total. The Labute approximate surface area is 201 Å². The van der Waals surface area contributed by atoms with Crippen LogP contribution >= 0.6 is 0 Å². The van der Waals surface area contributed by atoms with E-state index in [1.165, 1.54) is 18.9 Å². The van der Waals surface area contributed by atoms with Gasteiger partial charge in [-0.3, -0.25) is 4.79 Å². The number of carbonyl (C=O) groups excluding carboxylic acids is 2. The van der Waals surface area contributed by atoms with E-state index in [4.69, 9.17) is 4.74 Å². The van der Waals surface area contributed by atoms with E-state index in [2.05, 4.69) is 29.6 Å². The lowest BCUT2D eigenvalue weighted by Gasteiger charge is -2.30. The number of ether oxygens (including phenoxy) is 1. The van der Waals surface area contributed by atoms with Crippen molar-refractivity contribution in [2.75, 3.05) is 20.2 Å². The van der Waals surface area contributed by atoms with Gasteiger partial charge < -0.3 is 20.1 Å². The molecule has 182 valence electrons. The monoisotopic (exact) mass is 466 g/mol. The van der Waals surface area contributed by atoms with Gasteiger partial charge in [0.05, 0.1) is 5.92 Å². The van der Waals surface area contributed by atoms with Gasteiger partial charge in [-0.15, -0.1) is 0 Å². The molecule has 3 rings (SSSR count). The zero-order valence-corrected chi connectivity index (χ0v) is 20.5. The first-order chi connectivity index (χ1) is 16.0. The van der Waals surface area contributed by atoms with Crippen LogP contribution in [0.1, 0.15) is 51.2 Å². The van der Waals surface area contributed by atoms with Gasteiger partial charge in [0, 0.05) is 19.5 Å². The first-order valence-corrected chi connectivity index (χ1v) is 11.6. The van der Waals surface area contributed by atoms with Gasteiger partial charge in [0.15, 0.2) is 0 Å². The Balaban J connectivity index is 1.64. The number of nitrogens with zero attached hydrogens (tertiary/aromatic N) is 1. The van der Waals surface area contributed by atoms with Crippen molar-refractivity contribution in [2.24, 2.45) is 11.3 Å². The lowest BCUT2D eigenvalue weighted by molar-refractivity contribution is -0.150. The summed E-state index contributed by atoms with van der Waals surface area (Å²) in [5.41, 5.74) is 4.37. The van der Waals surface area contributed by atoms with Gasteiger partial charge in [0.25, 0.3) is 0 Å². The number of benzene rings is 2. The van der Waals surface area contributed by atoms with Gasteiger partial charge in [-0.2, -0.15) is 0 Å². The molecule has 7 nitrogen and oxygen atoms in total. The second-order valence-corrected chi connectivity index (χ2v) is 10.1. The molecule has 1 aliphatic rings. The fourth-order valence-electron chi connectivity index (χ4n) is 4.49.